The SMILES string of the molecule is CC1Oc2ccccc2C(O)=C1N. The minimum Gasteiger partial charge on any atom is -0.505 e. The van der Waals surface area contributed by atoms with Crippen molar-refractivity contribution in [2.75, 3.05) is 0 Å². The Bertz CT molecular complexity index is 371. The van der Waals surface area contributed by atoms with E-state index in [4.69, 9.17) is 10.5 Å². The molecule has 3 N–H and O–H groups in total. The third-order valence-corrected chi connectivity index (χ3v) is 2.16. The van der Waals surface area contributed by atoms with Crippen molar-refractivity contribution in [3.63, 3.8) is 0 Å². The first-order valence-electron chi connectivity index (χ1n) is 4.15. The Labute approximate surface area is 76.4 Å². The van der Waals surface area contributed by atoms with E-state index in [2.05, 4.69) is 0 Å². The zero-order valence-electron chi connectivity index (χ0n) is 7.32. The standard InChI is InChI=1S/C10H11NO2/c1-6-9(11)10(12)7-4-2-3-5-8(7)13-6/h2-6,12H,11H2,1H3. The summed E-state index contributed by atoms with van der Waals surface area (Å²) in [5.74, 6) is 0.816. The summed E-state index contributed by atoms with van der Waals surface area (Å²) in [5, 5.41) is 9.67. The molecular formula is C10H11NO2. The van der Waals surface area contributed by atoms with Crippen molar-refractivity contribution in [2.24, 2.45) is 5.73 Å². The highest BCUT2D eigenvalue weighted by molar-refractivity contribution is 5.69. The van der Waals surface area contributed by atoms with Crippen LogP contribution in [0.3, 0.4) is 0 Å². The number of fused-ring (bicyclic) bond motifs is 1. The highest BCUT2D eigenvalue weighted by Crippen LogP contribution is 2.31. The van der Waals surface area contributed by atoms with E-state index in [0.29, 0.717) is 17.0 Å². The lowest BCUT2D eigenvalue weighted by Crippen LogP contribution is -2.26. The van der Waals surface area contributed by atoms with Crippen LogP contribution in [0.4, 0.5) is 0 Å². The fourth-order valence-corrected chi connectivity index (χ4v) is 1.37. The van der Waals surface area contributed by atoms with E-state index in [9.17, 15) is 5.11 Å². The average molecular weight is 177 g/mol. The number of benzene rings is 1. The predicted molar refractivity (Wildman–Crippen MR) is 50.3 cm³/mol. The smallest absolute Gasteiger partial charge is 0.149 e. The van der Waals surface area contributed by atoms with Gasteiger partial charge < -0.3 is 15.6 Å². The third kappa shape index (κ3) is 1.13. The van der Waals surface area contributed by atoms with Gasteiger partial charge in [0, 0.05) is 0 Å². The van der Waals surface area contributed by atoms with Crippen LogP contribution < -0.4 is 10.5 Å². The van der Waals surface area contributed by atoms with E-state index in [0.717, 1.165) is 0 Å². The number of nitrogens with two attached hydrogens (primary N) is 1. The van der Waals surface area contributed by atoms with Crippen LogP contribution in [0.5, 0.6) is 5.75 Å². The number of hydrogen-bond donors (Lipinski definition) is 2. The van der Waals surface area contributed by atoms with Crippen molar-refractivity contribution >= 4 is 5.76 Å². The molecule has 1 aromatic rings. The minimum absolute atomic E-state index is 0.134. The molecule has 0 spiro atoms. The van der Waals surface area contributed by atoms with Crippen molar-refractivity contribution in [1.29, 1.82) is 0 Å². The van der Waals surface area contributed by atoms with Gasteiger partial charge in [0.2, 0.25) is 0 Å². The van der Waals surface area contributed by atoms with Crippen LogP contribution in [0.25, 0.3) is 5.76 Å². The van der Waals surface area contributed by atoms with Crippen LogP contribution in [0.15, 0.2) is 30.0 Å². The third-order valence-electron chi connectivity index (χ3n) is 2.16. The second-order valence-corrected chi connectivity index (χ2v) is 3.06. The van der Waals surface area contributed by atoms with Crippen LogP contribution in [0.2, 0.25) is 0 Å². The van der Waals surface area contributed by atoms with Crippen LogP contribution in [0, 0.1) is 0 Å². The first kappa shape index (κ1) is 7.98. The molecule has 1 unspecified atom stereocenters. The summed E-state index contributed by atoms with van der Waals surface area (Å²) >= 11 is 0. The fourth-order valence-electron chi connectivity index (χ4n) is 1.37. The monoisotopic (exact) mass is 177 g/mol. The molecule has 1 heterocycles. The van der Waals surface area contributed by atoms with E-state index in [-0.39, 0.29) is 11.9 Å². The summed E-state index contributed by atoms with van der Waals surface area (Å²) in [6.45, 7) is 1.81. The Morgan fingerprint density at radius 1 is 1.38 bits per heavy atom. The van der Waals surface area contributed by atoms with Gasteiger partial charge in [-0.3, -0.25) is 0 Å². The van der Waals surface area contributed by atoms with Gasteiger partial charge in [-0.25, -0.2) is 0 Å². The highest BCUT2D eigenvalue weighted by atomic mass is 16.5. The zero-order chi connectivity index (χ0) is 9.42. The van der Waals surface area contributed by atoms with E-state index in [1.165, 1.54) is 0 Å². The number of aliphatic hydroxyl groups excluding tert-OH is 1. The fraction of sp³-hybridized carbons (Fsp3) is 0.200. The molecule has 1 aliphatic heterocycles. The van der Waals surface area contributed by atoms with Crippen molar-refractivity contribution < 1.29 is 9.84 Å². The molecule has 0 bridgehead atoms. The molecule has 13 heavy (non-hydrogen) atoms. The second kappa shape index (κ2) is 2.69. The summed E-state index contributed by atoms with van der Waals surface area (Å²) in [6.07, 6.45) is -0.255. The first-order valence-corrected chi connectivity index (χ1v) is 4.15. The molecule has 0 saturated carbocycles. The largest absolute Gasteiger partial charge is 0.505 e. The van der Waals surface area contributed by atoms with Gasteiger partial charge in [-0.1, -0.05) is 12.1 Å². The lowest BCUT2D eigenvalue weighted by molar-refractivity contribution is 0.242. The van der Waals surface area contributed by atoms with E-state index >= 15 is 0 Å². The quantitative estimate of drug-likeness (QED) is 0.633. The number of para-hydroxylation sites is 1. The molecule has 2 rings (SSSR count). The molecule has 1 aliphatic rings. The summed E-state index contributed by atoms with van der Waals surface area (Å²) in [5.41, 5.74) is 6.69. The number of ether oxygens (including phenoxy) is 1. The van der Waals surface area contributed by atoms with E-state index in [1.807, 2.05) is 25.1 Å². The maximum absolute atomic E-state index is 9.67. The van der Waals surface area contributed by atoms with Crippen LogP contribution in [-0.2, 0) is 0 Å². The Hall–Kier alpha value is -1.64. The predicted octanol–water partition coefficient (Wildman–Crippen LogP) is 1.65. The molecule has 0 saturated heterocycles. The Morgan fingerprint density at radius 2 is 2.08 bits per heavy atom. The maximum atomic E-state index is 9.67. The van der Waals surface area contributed by atoms with Gasteiger partial charge in [-0.2, -0.15) is 0 Å². The first-order chi connectivity index (χ1) is 6.20. The molecule has 1 aromatic carbocycles. The van der Waals surface area contributed by atoms with Gasteiger partial charge in [-0.15, -0.1) is 0 Å². The summed E-state index contributed by atoms with van der Waals surface area (Å²) < 4.78 is 5.47. The lowest BCUT2D eigenvalue weighted by Gasteiger charge is -2.23. The molecule has 0 radical (unpaired) electrons. The van der Waals surface area contributed by atoms with Crippen molar-refractivity contribution in [1.82, 2.24) is 0 Å². The molecule has 0 aromatic heterocycles. The van der Waals surface area contributed by atoms with Gasteiger partial charge in [0.05, 0.1) is 11.3 Å². The molecular weight excluding hydrogens is 166 g/mol. The second-order valence-electron chi connectivity index (χ2n) is 3.06. The topological polar surface area (TPSA) is 55.5 Å². The van der Waals surface area contributed by atoms with Crippen LogP contribution in [-0.4, -0.2) is 11.2 Å². The van der Waals surface area contributed by atoms with Crippen LogP contribution in [0.1, 0.15) is 12.5 Å². The molecule has 3 nitrogen and oxygen atoms in total. The summed E-state index contributed by atoms with van der Waals surface area (Å²) in [4.78, 5) is 0. The van der Waals surface area contributed by atoms with Gasteiger partial charge in [0.15, 0.2) is 0 Å². The molecule has 0 aliphatic carbocycles. The van der Waals surface area contributed by atoms with Gasteiger partial charge in [-0.05, 0) is 19.1 Å². The highest BCUT2D eigenvalue weighted by Gasteiger charge is 2.22. The van der Waals surface area contributed by atoms with Gasteiger partial charge in [0.25, 0.3) is 0 Å². The Balaban J connectivity index is 2.59. The zero-order valence-corrected chi connectivity index (χ0v) is 7.32. The van der Waals surface area contributed by atoms with Gasteiger partial charge in [0.1, 0.15) is 17.6 Å². The normalized spacial score (nSPS) is 20.8. The number of hydrogen-bond acceptors (Lipinski definition) is 3. The minimum atomic E-state index is -0.255. The molecule has 0 fully saturated rings. The Morgan fingerprint density at radius 3 is 2.85 bits per heavy atom. The number of rotatable bonds is 0. The van der Waals surface area contributed by atoms with Gasteiger partial charge >= 0.3 is 0 Å². The average Bonchev–Trinajstić information content (AvgIpc) is 2.15. The molecule has 68 valence electrons. The molecule has 1 atom stereocenters. The molecule has 0 amide bonds. The summed E-state index contributed by atoms with van der Waals surface area (Å²) in [7, 11) is 0. The Kier molecular flexibility index (Phi) is 1.65. The van der Waals surface area contributed by atoms with Crippen molar-refractivity contribution in [3.05, 3.63) is 35.5 Å². The van der Waals surface area contributed by atoms with E-state index < -0.39 is 0 Å². The molecule has 3 heteroatoms. The maximum Gasteiger partial charge on any atom is 0.149 e. The summed E-state index contributed by atoms with van der Waals surface area (Å²) in [6, 6.07) is 7.29. The number of aliphatic hydroxyl groups is 1. The van der Waals surface area contributed by atoms with E-state index in [1.54, 1.807) is 6.07 Å². The lowest BCUT2D eigenvalue weighted by atomic mass is 10.1. The van der Waals surface area contributed by atoms with Crippen molar-refractivity contribution in [2.45, 2.75) is 13.0 Å². The van der Waals surface area contributed by atoms with Crippen molar-refractivity contribution in [3.8, 4) is 5.75 Å². The van der Waals surface area contributed by atoms with Crippen LogP contribution >= 0.6 is 0 Å².